The number of rotatable bonds is 10. The van der Waals surface area contributed by atoms with Crippen molar-refractivity contribution in [3.63, 3.8) is 0 Å². The summed E-state index contributed by atoms with van der Waals surface area (Å²) in [4.78, 5) is 51.8. The van der Waals surface area contributed by atoms with E-state index >= 15 is 0 Å². The lowest BCUT2D eigenvalue weighted by Gasteiger charge is -2.61. The first-order valence-corrected chi connectivity index (χ1v) is 14.9. The number of hydrogen-bond acceptors (Lipinski definition) is 11. The van der Waals surface area contributed by atoms with Crippen molar-refractivity contribution in [1.82, 2.24) is 4.90 Å². The lowest BCUT2D eigenvalue weighted by Crippen LogP contribution is -2.74. The maximum absolute atomic E-state index is 13.0. The monoisotopic (exact) mass is 621 g/mol. The number of nitrogens with zero attached hydrogens (tertiary/aromatic N) is 1. The fraction of sp³-hybridized carbons (Fsp3) is 0.455. The van der Waals surface area contributed by atoms with Gasteiger partial charge in [0.15, 0.2) is 23.7 Å². The molecule has 1 fully saturated rings. The molecule has 1 unspecified atom stereocenters. The lowest BCUT2D eigenvalue weighted by molar-refractivity contribution is -0.176. The van der Waals surface area contributed by atoms with Crippen LogP contribution in [0.4, 0.5) is 0 Å². The number of ether oxygens (including phenoxy) is 5. The molecule has 0 radical (unpaired) electrons. The van der Waals surface area contributed by atoms with Gasteiger partial charge in [0.1, 0.15) is 5.76 Å². The molecule has 12 heteroatoms. The van der Waals surface area contributed by atoms with Gasteiger partial charge in [0, 0.05) is 23.6 Å². The zero-order valence-corrected chi connectivity index (χ0v) is 25.2. The Hall–Kier alpha value is -4.42. The summed E-state index contributed by atoms with van der Waals surface area (Å²) in [5.41, 5.74) is 0.231. The van der Waals surface area contributed by atoms with Crippen LogP contribution in [0, 0.1) is 0 Å². The van der Waals surface area contributed by atoms with Crippen molar-refractivity contribution in [2.45, 2.75) is 74.4 Å². The van der Waals surface area contributed by atoms with Gasteiger partial charge in [0.05, 0.1) is 31.0 Å². The third kappa shape index (κ3) is 4.92. The first-order chi connectivity index (χ1) is 21.5. The van der Waals surface area contributed by atoms with Gasteiger partial charge < -0.3 is 38.8 Å². The molecule has 0 saturated carbocycles. The van der Waals surface area contributed by atoms with E-state index in [4.69, 9.17) is 23.7 Å². The first-order valence-electron chi connectivity index (χ1n) is 14.9. The Morgan fingerprint density at radius 2 is 1.80 bits per heavy atom. The Morgan fingerprint density at radius 1 is 1.07 bits per heavy atom. The van der Waals surface area contributed by atoms with E-state index in [1.807, 2.05) is 19.2 Å². The average molecular weight is 622 g/mol. The van der Waals surface area contributed by atoms with Gasteiger partial charge in [-0.05, 0) is 51.1 Å². The second-order valence-corrected chi connectivity index (χ2v) is 12.0. The summed E-state index contributed by atoms with van der Waals surface area (Å²) in [6.07, 6.45) is -1.31. The Kier molecular flexibility index (Phi) is 7.82. The van der Waals surface area contributed by atoms with E-state index in [1.165, 1.54) is 19.1 Å². The minimum absolute atomic E-state index is 0.153. The van der Waals surface area contributed by atoms with Gasteiger partial charge in [-0.2, -0.15) is 0 Å². The molecule has 238 valence electrons. The number of esters is 3. The fourth-order valence-electron chi connectivity index (χ4n) is 7.38. The largest absolute Gasteiger partial charge is 0.493 e. The minimum Gasteiger partial charge on any atom is -0.493 e. The second kappa shape index (κ2) is 11.5. The molecule has 2 aliphatic heterocycles. The number of carboxylic acid groups (broad SMARTS) is 1. The third-order valence-corrected chi connectivity index (χ3v) is 9.52. The van der Waals surface area contributed by atoms with Crippen LogP contribution in [0.3, 0.4) is 0 Å². The van der Waals surface area contributed by atoms with Crippen LogP contribution in [-0.2, 0) is 45.2 Å². The van der Waals surface area contributed by atoms with Crippen molar-refractivity contribution in [3.05, 3.63) is 71.0 Å². The minimum atomic E-state index is -1.57. The molecule has 2 aliphatic carbocycles. The van der Waals surface area contributed by atoms with Crippen molar-refractivity contribution in [3.8, 4) is 11.5 Å². The third-order valence-electron chi connectivity index (χ3n) is 9.52. The van der Waals surface area contributed by atoms with E-state index < -0.39 is 59.6 Å². The van der Waals surface area contributed by atoms with Crippen molar-refractivity contribution < 1.29 is 53.1 Å². The van der Waals surface area contributed by atoms with Gasteiger partial charge in [-0.15, -0.1) is 0 Å². The Morgan fingerprint density at radius 3 is 2.51 bits per heavy atom. The van der Waals surface area contributed by atoms with E-state index in [-0.39, 0.29) is 30.2 Å². The molecule has 0 aromatic heterocycles. The number of aliphatic carboxylic acids is 1. The quantitative estimate of drug-likeness (QED) is 0.296. The van der Waals surface area contributed by atoms with Crippen LogP contribution >= 0.6 is 0 Å². The van der Waals surface area contributed by atoms with Crippen LogP contribution in [0.15, 0.2) is 54.3 Å². The maximum Gasteiger partial charge on any atom is 0.349 e. The predicted molar refractivity (Wildman–Crippen MR) is 155 cm³/mol. The van der Waals surface area contributed by atoms with Crippen LogP contribution in [0.1, 0.15) is 55.4 Å². The number of methoxy groups -OCH3 is 1. The first kappa shape index (κ1) is 30.6. The second-order valence-electron chi connectivity index (χ2n) is 12.0. The summed E-state index contributed by atoms with van der Waals surface area (Å²) in [7, 11) is 3.56. The van der Waals surface area contributed by atoms with E-state index in [0.717, 1.165) is 17.7 Å². The number of carbonyl (C=O) groups excluding carboxylic acids is 3. The molecule has 2 aromatic rings. The highest BCUT2D eigenvalue weighted by Crippen LogP contribution is 2.65. The molecule has 4 aliphatic rings. The van der Waals surface area contributed by atoms with Crippen LogP contribution in [-0.4, -0.2) is 83.5 Å². The van der Waals surface area contributed by atoms with Gasteiger partial charge >= 0.3 is 23.9 Å². The number of aliphatic hydroxyl groups is 1. The predicted octanol–water partition coefficient (Wildman–Crippen LogP) is 2.60. The standard InChI is InChI=1S/C33H35NO11/c1-18(31(39)45-27(30(37)38)19-7-5-4-6-8-19)42-24(35)11-12-25(36)43-22-13-14-33(40)23-17-20-9-10-21(41-3)28-26(20)32(33,29(22)44-28)15-16-34(23)2/h4-10,13,18,23,27,29,40H,11-12,14-17H2,1-3H3,(H,37,38)/t18?,23-,27+,29+,32+,33-/m1/s1. The number of benzene rings is 2. The molecule has 1 saturated heterocycles. The number of hydrogen-bond donors (Lipinski definition) is 2. The summed E-state index contributed by atoms with van der Waals surface area (Å²) in [6.45, 7) is 1.97. The highest BCUT2D eigenvalue weighted by atomic mass is 16.6. The van der Waals surface area contributed by atoms with E-state index in [0.29, 0.717) is 24.3 Å². The van der Waals surface area contributed by atoms with Crippen molar-refractivity contribution in [2.24, 2.45) is 0 Å². The van der Waals surface area contributed by atoms with E-state index in [9.17, 15) is 29.4 Å². The average Bonchev–Trinajstić information content (AvgIpc) is 3.38. The highest BCUT2D eigenvalue weighted by Gasteiger charge is 2.72. The van der Waals surface area contributed by atoms with Crippen LogP contribution in [0.25, 0.3) is 0 Å². The van der Waals surface area contributed by atoms with E-state index in [2.05, 4.69) is 4.90 Å². The molecule has 0 amide bonds. The molecule has 1 spiro atoms. The van der Waals surface area contributed by atoms with Gasteiger partial charge in [-0.1, -0.05) is 36.4 Å². The summed E-state index contributed by atoms with van der Waals surface area (Å²) in [5, 5.41) is 21.8. The molecule has 6 atom stereocenters. The number of piperidine rings is 1. The SMILES string of the molecule is COc1ccc2c3c1O[C@H]1C(OC(=O)CCC(=O)OC(C)C(=O)O[C@H](C(=O)O)c4ccccc4)=CC[C@@]4(O)[C@@H](C2)N(C)CC[C@]314. The summed E-state index contributed by atoms with van der Waals surface area (Å²) in [5.74, 6) is -2.64. The van der Waals surface area contributed by atoms with Crippen LogP contribution in [0.5, 0.6) is 11.5 Å². The van der Waals surface area contributed by atoms with Gasteiger partial charge in [-0.25, -0.2) is 9.59 Å². The summed E-state index contributed by atoms with van der Waals surface area (Å²) in [6, 6.07) is 11.6. The number of likely N-dealkylation sites (tertiary alicyclic amines) is 1. The maximum atomic E-state index is 13.0. The molecule has 2 heterocycles. The number of carbonyl (C=O) groups is 4. The molecule has 2 N–H and O–H groups in total. The molecule has 45 heavy (non-hydrogen) atoms. The zero-order chi connectivity index (χ0) is 32.1. The highest BCUT2D eigenvalue weighted by molar-refractivity contribution is 5.84. The molecule has 2 bridgehead atoms. The van der Waals surface area contributed by atoms with Gasteiger partial charge in [0.2, 0.25) is 6.10 Å². The van der Waals surface area contributed by atoms with Crippen LogP contribution < -0.4 is 9.47 Å². The smallest absolute Gasteiger partial charge is 0.349 e. The molecular weight excluding hydrogens is 586 g/mol. The van der Waals surface area contributed by atoms with E-state index in [1.54, 1.807) is 31.4 Å². The van der Waals surface area contributed by atoms with Gasteiger partial charge in [0.25, 0.3) is 0 Å². The Bertz CT molecular complexity index is 1570. The normalized spacial score (nSPS) is 27.2. The van der Waals surface area contributed by atoms with Crippen molar-refractivity contribution >= 4 is 23.9 Å². The fourth-order valence-corrected chi connectivity index (χ4v) is 7.38. The summed E-state index contributed by atoms with van der Waals surface area (Å²) < 4.78 is 28.0. The Balaban J connectivity index is 1.10. The Labute approximate surface area is 259 Å². The van der Waals surface area contributed by atoms with Crippen molar-refractivity contribution in [1.29, 1.82) is 0 Å². The summed E-state index contributed by atoms with van der Waals surface area (Å²) >= 11 is 0. The van der Waals surface area contributed by atoms with Gasteiger partial charge in [-0.3, -0.25) is 9.59 Å². The number of likely N-dealkylation sites (N-methyl/N-ethyl adjacent to an activating group) is 1. The van der Waals surface area contributed by atoms with Crippen molar-refractivity contribution in [2.75, 3.05) is 20.7 Å². The lowest BCUT2D eigenvalue weighted by atomic mass is 9.50. The van der Waals surface area contributed by atoms with Crippen LogP contribution in [0.2, 0.25) is 0 Å². The molecule has 6 rings (SSSR count). The molecular formula is C33H35NO11. The molecule has 12 nitrogen and oxygen atoms in total. The topological polar surface area (TPSA) is 158 Å². The molecule has 2 aromatic carbocycles. The number of carboxylic acids is 1. The zero-order valence-electron chi connectivity index (χ0n) is 25.2.